The van der Waals surface area contributed by atoms with Gasteiger partial charge in [0.2, 0.25) is 0 Å². The average Bonchev–Trinajstić information content (AvgIpc) is 2.43. The van der Waals surface area contributed by atoms with Crippen LogP contribution < -0.4 is 4.74 Å². The van der Waals surface area contributed by atoms with E-state index in [2.05, 4.69) is 31.9 Å². The van der Waals surface area contributed by atoms with Gasteiger partial charge in [-0.1, -0.05) is 34.1 Å². The van der Waals surface area contributed by atoms with E-state index >= 15 is 0 Å². The Balaban J connectivity index is 2.55. The molecule has 0 aromatic heterocycles. The van der Waals surface area contributed by atoms with Crippen LogP contribution in [0.3, 0.4) is 0 Å². The summed E-state index contributed by atoms with van der Waals surface area (Å²) in [5, 5.41) is 10.6. The van der Waals surface area contributed by atoms with E-state index < -0.39 is 11.9 Å². The molecule has 0 fully saturated rings. The highest BCUT2D eigenvalue weighted by atomic mass is 79.9. The van der Waals surface area contributed by atoms with Crippen molar-refractivity contribution >= 4 is 31.9 Å². The minimum Gasteiger partial charge on any atom is -0.496 e. The molecular formula is C15H13Br2FO2. The van der Waals surface area contributed by atoms with Crippen LogP contribution in [0.2, 0.25) is 0 Å². The fourth-order valence-electron chi connectivity index (χ4n) is 1.98. The van der Waals surface area contributed by atoms with Crippen LogP contribution in [0.1, 0.15) is 22.8 Å². The molecule has 0 aliphatic rings. The Morgan fingerprint density at radius 3 is 2.55 bits per heavy atom. The van der Waals surface area contributed by atoms with Crippen molar-refractivity contribution in [1.82, 2.24) is 0 Å². The summed E-state index contributed by atoms with van der Waals surface area (Å²) in [7, 11) is 1.45. The molecule has 1 atom stereocenters. The Kier molecular flexibility index (Phi) is 4.83. The van der Waals surface area contributed by atoms with Crippen LogP contribution in [-0.4, -0.2) is 12.2 Å². The minimum atomic E-state index is -0.906. The maximum Gasteiger partial charge on any atom is 0.141 e. The van der Waals surface area contributed by atoms with Gasteiger partial charge in [-0.25, -0.2) is 4.39 Å². The van der Waals surface area contributed by atoms with Crippen LogP contribution in [0.4, 0.5) is 4.39 Å². The Bertz CT molecular complexity index is 644. The molecule has 0 saturated heterocycles. The molecule has 0 amide bonds. The summed E-state index contributed by atoms with van der Waals surface area (Å²) in [5.74, 6) is -0.118. The molecule has 5 heteroatoms. The van der Waals surface area contributed by atoms with Crippen LogP contribution in [-0.2, 0) is 0 Å². The second-order valence-electron chi connectivity index (χ2n) is 4.39. The van der Waals surface area contributed by atoms with E-state index in [0.29, 0.717) is 16.9 Å². The van der Waals surface area contributed by atoms with Crippen molar-refractivity contribution in [2.75, 3.05) is 7.11 Å². The largest absolute Gasteiger partial charge is 0.496 e. The normalized spacial score (nSPS) is 12.3. The Morgan fingerprint density at radius 1 is 1.20 bits per heavy atom. The second-order valence-corrected chi connectivity index (χ2v) is 6.04. The lowest BCUT2D eigenvalue weighted by atomic mass is 9.99. The summed E-state index contributed by atoms with van der Waals surface area (Å²) < 4.78 is 19.8. The molecule has 20 heavy (non-hydrogen) atoms. The first-order chi connectivity index (χ1) is 9.45. The number of rotatable bonds is 3. The molecule has 0 heterocycles. The molecular weight excluding hydrogens is 391 g/mol. The van der Waals surface area contributed by atoms with Gasteiger partial charge in [0.05, 0.1) is 11.6 Å². The van der Waals surface area contributed by atoms with E-state index in [0.717, 1.165) is 10.0 Å². The van der Waals surface area contributed by atoms with Gasteiger partial charge in [-0.2, -0.15) is 0 Å². The number of benzene rings is 2. The van der Waals surface area contributed by atoms with Crippen LogP contribution in [0.15, 0.2) is 39.3 Å². The van der Waals surface area contributed by atoms with Crippen LogP contribution in [0.5, 0.6) is 5.75 Å². The highest BCUT2D eigenvalue weighted by Crippen LogP contribution is 2.37. The molecule has 2 aromatic carbocycles. The van der Waals surface area contributed by atoms with Gasteiger partial charge in [-0.05, 0) is 40.0 Å². The smallest absolute Gasteiger partial charge is 0.141 e. The lowest BCUT2D eigenvalue weighted by Crippen LogP contribution is -2.05. The first-order valence-corrected chi connectivity index (χ1v) is 7.50. The third-order valence-electron chi connectivity index (χ3n) is 3.08. The van der Waals surface area contributed by atoms with Crippen LogP contribution in [0, 0.1) is 12.7 Å². The summed E-state index contributed by atoms with van der Waals surface area (Å²) in [6.07, 6.45) is -0.906. The Labute approximate surface area is 133 Å². The van der Waals surface area contributed by atoms with Gasteiger partial charge in [0, 0.05) is 16.1 Å². The zero-order chi connectivity index (χ0) is 14.9. The van der Waals surface area contributed by atoms with E-state index in [1.165, 1.54) is 19.2 Å². The van der Waals surface area contributed by atoms with Crippen LogP contribution in [0.25, 0.3) is 0 Å². The molecule has 1 N–H and O–H groups in total. The number of aliphatic hydroxyl groups excluding tert-OH is 1. The number of hydrogen-bond donors (Lipinski definition) is 1. The monoisotopic (exact) mass is 402 g/mol. The SMILES string of the molecule is COc1cc(F)c(Br)cc1C(O)c1cccc(C)c1Br. The molecule has 0 aliphatic heterocycles. The van der Waals surface area contributed by atoms with Gasteiger partial charge in [0.1, 0.15) is 17.7 Å². The summed E-state index contributed by atoms with van der Waals surface area (Å²) in [5.41, 5.74) is 2.23. The molecule has 0 aliphatic carbocycles. The van der Waals surface area contributed by atoms with Gasteiger partial charge in [-0.15, -0.1) is 0 Å². The van der Waals surface area contributed by atoms with E-state index in [-0.39, 0.29) is 4.47 Å². The van der Waals surface area contributed by atoms with Crippen molar-refractivity contribution in [2.24, 2.45) is 0 Å². The van der Waals surface area contributed by atoms with E-state index in [9.17, 15) is 9.50 Å². The molecule has 0 bridgehead atoms. The molecule has 2 aromatic rings. The minimum absolute atomic E-state index is 0.288. The third-order valence-corrected chi connectivity index (χ3v) is 4.77. The summed E-state index contributed by atoms with van der Waals surface area (Å²) in [4.78, 5) is 0. The Morgan fingerprint density at radius 2 is 1.90 bits per heavy atom. The standard InChI is InChI=1S/C15H13Br2FO2/c1-8-4-3-5-9(14(8)17)15(19)10-6-11(16)12(18)7-13(10)20-2/h3-7,15,19H,1-2H3. The number of hydrogen-bond acceptors (Lipinski definition) is 2. The predicted octanol–water partition coefficient (Wildman–Crippen LogP) is 4.75. The highest BCUT2D eigenvalue weighted by molar-refractivity contribution is 9.10. The third kappa shape index (κ3) is 2.90. The zero-order valence-corrected chi connectivity index (χ0v) is 14.1. The lowest BCUT2D eigenvalue weighted by molar-refractivity contribution is 0.213. The van der Waals surface area contributed by atoms with Crippen molar-refractivity contribution in [1.29, 1.82) is 0 Å². The number of ether oxygens (including phenoxy) is 1. The topological polar surface area (TPSA) is 29.5 Å². The van der Waals surface area contributed by atoms with E-state index in [4.69, 9.17) is 4.74 Å². The molecule has 106 valence electrons. The van der Waals surface area contributed by atoms with Gasteiger partial charge >= 0.3 is 0 Å². The van der Waals surface area contributed by atoms with Gasteiger partial charge in [0.25, 0.3) is 0 Å². The van der Waals surface area contributed by atoms with E-state index in [1.807, 2.05) is 25.1 Å². The Hall–Kier alpha value is -0.910. The highest BCUT2D eigenvalue weighted by Gasteiger charge is 2.20. The maximum atomic E-state index is 13.5. The quantitative estimate of drug-likeness (QED) is 0.801. The second kappa shape index (κ2) is 6.24. The number of aliphatic hydroxyl groups is 1. The molecule has 1 unspecified atom stereocenters. The first-order valence-electron chi connectivity index (χ1n) is 5.91. The maximum absolute atomic E-state index is 13.5. The molecule has 2 nitrogen and oxygen atoms in total. The first kappa shape index (κ1) is 15.5. The van der Waals surface area contributed by atoms with Gasteiger partial charge in [-0.3, -0.25) is 0 Å². The van der Waals surface area contributed by atoms with Crippen molar-refractivity contribution < 1.29 is 14.2 Å². The van der Waals surface area contributed by atoms with Gasteiger partial charge in [0.15, 0.2) is 0 Å². The van der Waals surface area contributed by atoms with Crippen molar-refractivity contribution in [3.05, 3.63) is 61.8 Å². The molecule has 0 radical (unpaired) electrons. The molecule has 0 spiro atoms. The molecule has 2 rings (SSSR count). The summed E-state index contributed by atoms with van der Waals surface area (Å²) >= 11 is 6.60. The van der Waals surface area contributed by atoms with E-state index in [1.54, 1.807) is 0 Å². The van der Waals surface area contributed by atoms with Crippen molar-refractivity contribution in [3.8, 4) is 5.75 Å². The van der Waals surface area contributed by atoms with Crippen LogP contribution >= 0.6 is 31.9 Å². The number of halogens is 3. The number of aryl methyl sites for hydroxylation is 1. The summed E-state index contributed by atoms with van der Waals surface area (Å²) in [6, 6.07) is 8.42. The fourth-order valence-corrected chi connectivity index (χ4v) is 2.83. The zero-order valence-electron chi connectivity index (χ0n) is 11.0. The van der Waals surface area contributed by atoms with Crippen molar-refractivity contribution in [2.45, 2.75) is 13.0 Å². The predicted molar refractivity (Wildman–Crippen MR) is 83.6 cm³/mol. The summed E-state index contributed by atoms with van der Waals surface area (Å²) in [6.45, 7) is 1.94. The van der Waals surface area contributed by atoms with Gasteiger partial charge < -0.3 is 9.84 Å². The lowest BCUT2D eigenvalue weighted by Gasteiger charge is -2.18. The number of methoxy groups -OCH3 is 1. The average molecular weight is 404 g/mol. The van der Waals surface area contributed by atoms with Crippen molar-refractivity contribution in [3.63, 3.8) is 0 Å². The fraction of sp³-hybridized carbons (Fsp3) is 0.200. The molecule has 0 saturated carbocycles.